The summed E-state index contributed by atoms with van der Waals surface area (Å²) in [5.41, 5.74) is 0.893. The summed E-state index contributed by atoms with van der Waals surface area (Å²) in [6, 6.07) is 7.29. The maximum atomic E-state index is 13.0. The molecule has 30 heavy (non-hydrogen) atoms. The Morgan fingerprint density at radius 2 is 2.07 bits per heavy atom. The van der Waals surface area contributed by atoms with Crippen molar-refractivity contribution in [3.8, 4) is 11.3 Å². The summed E-state index contributed by atoms with van der Waals surface area (Å²) in [7, 11) is 0. The maximum Gasteiger partial charge on any atom is 0.325 e. The van der Waals surface area contributed by atoms with E-state index >= 15 is 0 Å². The zero-order valence-electron chi connectivity index (χ0n) is 16.8. The smallest absolute Gasteiger partial charge is 0.323 e. The highest BCUT2D eigenvalue weighted by Crippen LogP contribution is 2.38. The van der Waals surface area contributed by atoms with Gasteiger partial charge in [0.15, 0.2) is 5.13 Å². The van der Waals surface area contributed by atoms with Gasteiger partial charge in [0, 0.05) is 14.9 Å². The zero-order valence-corrected chi connectivity index (χ0v) is 19.2. The van der Waals surface area contributed by atoms with E-state index < -0.39 is 17.5 Å². The molecule has 1 saturated heterocycles. The largest absolute Gasteiger partial charge is 0.325 e. The number of urea groups is 1. The van der Waals surface area contributed by atoms with Gasteiger partial charge in [-0.15, -0.1) is 11.3 Å². The van der Waals surface area contributed by atoms with E-state index in [-0.39, 0.29) is 18.4 Å². The lowest BCUT2D eigenvalue weighted by molar-refractivity contribution is -0.136. The monoisotopic (exact) mass is 490 g/mol. The number of halogens is 1. The number of rotatable bonds is 4. The van der Waals surface area contributed by atoms with Gasteiger partial charge >= 0.3 is 6.03 Å². The molecule has 1 spiro atoms. The van der Waals surface area contributed by atoms with Crippen molar-refractivity contribution in [2.75, 3.05) is 11.9 Å². The van der Waals surface area contributed by atoms with Gasteiger partial charge in [0.05, 0.1) is 5.69 Å². The fourth-order valence-electron chi connectivity index (χ4n) is 4.27. The van der Waals surface area contributed by atoms with Gasteiger partial charge < -0.3 is 10.6 Å². The number of aryl methyl sites for hydroxylation is 1. The number of thiazole rings is 1. The second-order valence-electron chi connectivity index (χ2n) is 7.92. The number of aromatic nitrogens is 1. The molecule has 1 aromatic carbocycles. The molecule has 1 aliphatic heterocycles. The predicted molar refractivity (Wildman–Crippen MR) is 119 cm³/mol. The summed E-state index contributed by atoms with van der Waals surface area (Å²) in [6.07, 6.45) is 3.46. The molecule has 2 heterocycles. The lowest BCUT2D eigenvalue weighted by Crippen LogP contribution is -2.54. The number of anilines is 1. The van der Waals surface area contributed by atoms with Crippen molar-refractivity contribution in [2.45, 2.75) is 45.1 Å². The van der Waals surface area contributed by atoms with Gasteiger partial charge in [-0.3, -0.25) is 14.5 Å². The Morgan fingerprint density at radius 1 is 1.33 bits per heavy atom. The number of benzene rings is 1. The topological polar surface area (TPSA) is 91.4 Å². The van der Waals surface area contributed by atoms with Crippen molar-refractivity contribution < 1.29 is 14.4 Å². The first-order chi connectivity index (χ1) is 14.3. The molecular weight excluding hydrogens is 468 g/mol. The number of hydrogen-bond acceptors (Lipinski definition) is 5. The third kappa shape index (κ3) is 3.76. The Hall–Kier alpha value is -2.26. The molecule has 1 saturated carbocycles. The van der Waals surface area contributed by atoms with Crippen LogP contribution in [0.15, 0.2) is 28.7 Å². The van der Waals surface area contributed by atoms with E-state index in [2.05, 4.69) is 31.5 Å². The molecule has 2 aliphatic rings. The number of amides is 4. The minimum atomic E-state index is -0.859. The first-order valence-electron chi connectivity index (χ1n) is 9.97. The number of hydrogen-bond donors (Lipinski definition) is 2. The molecule has 9 heteroatoms. The molecule has 2 unspecified atom stereocenters. The zero-order chi connectivity index (χ0) is 21.5. The molecule has 1 aromatic heterocycles. The van der Waals surface area contributed by atoms with Gasteiger partial charge in [-0.05, 0) is 37.8 Å². The van der Waals surface area contributed by atoms with Crippen LogP contribution in [-0.4, -0.2) is 39.8 Å². The highest BCUT2D eigenvalue weighted by atomic mass is 79.9. The Bertz CT molecular complexity index is 1010. The minimum Gasteiger partial charge on any atom is -0.323 e. The summed E-state index contributed by atoms with van der Waals surface area (Å²) in [6.45, 7) is 3.62. The first-order valence-corrected chi connectivity index (χ1v) is 11.6. The van der Waals surface area contributed by atoms with Gasteiger partial charge in [-0.1, -0.05) is 47.8 Å². The summed E-state index contributed by atoms with van der Waals surface area (Å²) in [4.78, 5) is 44.6. The SMILES string of the molecule is Cc1sc(NC(=O)CN2C(=O)NC3(CCCCC3C)C2=O)nc1-c1ccc(Br)cc1. The number of nitrogens with zero attached hydrogens (tertiary/aromatic N) is 2. The fourth-order valence-corrected chi connectivity index (χ4v) is 5.38. The van der Waals surface area contributed by atoms with Crippen LogP contribution in [0.2, 0.25) is 0 Å². The van der Waals surface area contributed by atoms with Crippen LogP contribution in [0, 0.1) is 12.8 Å². The van der Waals surface area contributed by atoms with E-state index in [1.807, 2.05) is 38.1 Å². The molecular formula is C21H23BrN4O3S. The van der Waals surface area contributed by atoms with Crippen LogP contribution in [0.25, 0.3) is 11.3 Å². The third-order valence-electron chi connectivity index (χ3n) is 5.96. The Morgan fingerprint density at radius 3 is 2.77 bits per heavy atom. The van der Waals surface area contributed by atoms with Crippen molar-refractivity contribution in [2.24, 2.45) is 5.92 Å². The normalized spacial score (nSPS) is 23.7. The Kier molecular flexibility index (Phi) is 5.67. The van der Waals surface area contributed by atoms with Gasteiger partial charge in [0.2, 0.25) is 5.91 Å². The van der Waals surface area contributed by atoms with Crippen molar-refractivity contribution in [1.82, 2.24) is 15.2 Å². The second-order valence-corrected chi connectivity index (χ2v) is 10.0. The molecule has 1 aliphatic carbocycles. The fraction of sp³-hybridized carbons (Fsp3) is 0.429. The first kappa shape index (κ1) is 21.0. The molecule has 0 bridgehead atoms. The molecule has 2 fully saturated rings. The summed E-state index contributed by atoms with van der Waals surface area (Å²) in [5.74, 6) is -0.665. The Labute approximate surface area is 187 Å². The molecule has 2 N–H and O–H groups in total. The van der Waals surface area contributed by atoms with E-state index in [1.54, 1.807) is 0 Å². The van der Waals surface area contributed by atoms with E-state index in [0.717, 1.165) is 44.8 Å². The maximum absolute atomic E-state index is 13.0. The van der Waals surface area contributed by atoms with Crippen LogP contribution in [0.3, 0.4) is 0 Å². The van der Waals surface area contributed by atoms with Crippen LogP contribution >= 0.6 is 27.3 Å². The Balaban J connectivity index is 1.45. The number of carbonyl (C=O) groups is 3. The number of carbonyl (C=O) groups excluding carboxylic acids is 3. The lowest BCUT2D eigenvalue weighted by atomic mass is 9.73. The predicted octanol–water partition coefficient (Wildman–Crippen LogP) is 4.32. The van der Waals surface area contributed by atoms with E-state index in [1.165, 1.54) is 11.3 Å². The summed E-state index contributed by atoms with van der Waals surface area (Å²) >= 11 is 4.78. The lowest BCUT2D eigenvalue weighted by Gasteiger charge is -2.36. The molecule has 7 nitrogen and oxygen atoms in total. The third-order valence-corrected chi connectivity index (χ3v) is 7.38. The molecule has 4 amide bonds. The molecule has 4 rings (SSSR count). The minimum absolute atomic E-state index is 0.0610. The standard InChI is InChI=1S/C21H23BrN4O3S/c1-12-5-3-4-10-21(12)18(28)26(20(29)25-21)11-16(27)23-19-24-17(13(2)30-19)14-6-8-15(22)9-7-14/h6-9,12H,3-5,10-11H2,1-2H3,(H,25,29)(H,23,24,27). The molecule has 2 atom stereocenters. The molecule has 158 valence electrons. The highest BCUT2D eigenvalue weighted by molar-refractivity contribution is 9.10. The van der Waals surface area contributed by atoms with Crippen LogP contribution in [-0.2, 0) is 9.59 Å². The van der Waals surface area contributed by atoms with Gasteiger partial charge in [0.1, 0.15) is 12.1 Å². The number of nitrogens with one attached hydrogen (secondary N) is 2. The van der Waals surface area contributed by atoms with Crippen LogP contribution in [0.5, 0.6) is 0 Å². The van der Waals surface area contributed by atoms with Gasteiger partial charge in [-0.2, -0.15) is 0 Å². The van der Waals surface area contributed by atoms with Crippen molar-refractivity contribution >= 4 is 50.2 Å². The average molecular weight is 491 g/mol. The highest BCUT2D eigenvalue weighted by Gasteiger charge is 2.55. The van der Waals surface area contributed by atoms with Gasteiger partial charge in [-0.25, -0.2) is 9.78 Å². The van der Waals surface area contributed by atoms with Crippen molar-refractivity contribution in [1.29, 1.82) is 0 Å². The average Bonchev–Trinajstić information content (AvgIpc) is 3.17. The quantitative estimate of drug-likeness (QED) is 0.624. The van der Waals surface area contributed by atoms with Gasteiger partial charge in [0.25, 0.3) is 5.91 Å². The van der Waals surface area contributed by atoms with Crippen molar-refractivity contribution in [3.05, 3.63) is 33.6 Å². The van der Waals surface area contributed by atoms with Crippen LogP contribution in [0.1, 0.15) is 37.5 Å². The van der Waals surface area contributed by atoms with E-state index in [0.29, 0.717) is 11.6 Å². The summed E-state index contributed by atoms with van der Waals surface area (Å²) in [5, 5.41) is 6.06. The van der Waals surface area contributed by atoms with Crippen LogP contribution < -0.4 is 10.6 Å². The van der Waals surface area contributed by atoms with E-state index in [4.69, 9.17) is 0 Å². The van der Waals surface area contributed by atoms with E-state index in [9.17, 15) is 14.4 Å². The molecule has 0 radical (unpaired) electrons. The summed E-state index contributed by atoms with van der Waals surface area (Å²) < 4.78 is 0.978. The van der Waals surface area contributed by atoms with Crippen LogP contribution in [0.4, 0.5) is 9.93 Å². The second kappa shape index (κ2) is 8.11. The number of imide groups is 1. The van der Waals surface area contributed by atoms with Crippen molar-refractivity contribution in [3.63, 3.8) is 0 Å². The molecule has 2 aromatic rings.